The maximum absolute atomic E-state index is 11.1. The third-order valence-corrected chi connectivity index (χ3v) is 10.8. The number of ether oxygens (including phenoxy) is 1. The van der Waals surface area contributed by atoms with Crippen LogP contribution in [-0.2, 0) is 30.3 Å². The molecule has 2 aliphatic heterocycles. The Hall–Kier alpha value is -3.24. The summed E-state index contributed by atoms with van der Waals surface area (Å²) in [6.07, 6.45) is 6.48. The van der Waals surface area contributed by atoms with Gasteiger partial charge in [-0.05, 0) is 87.9 Å². The van der Waals surface area contributed by atoms with Gasteiger partial charge in [-0.3, -0.25) is 0 Å². The van der Waals surface area contributed by atoms with Crippen LogP contribution in [0.1, 0.15) is 54.1 Å². The molecule has 4 aromatic rings. The quantitative estimate of drug-likeness (QED) is 0.356. The van der Waals surface area contributed by atoms with Crippen LogP contribution >= 0.6 is 0 Å². The van der Waals surface area contributed by atoms with Gasteiger partial charge in [0.1, 0.15) is 0 Å². The number of aromatic hydroxyl groups is 1. The Bertz CT molecular complexity index is 1560. The molecule has 4 nitrogen and oxygen atoms in total. The summed E-state index contributed by atoms with van der Waals surface area (Å²) in [5, 5.41) is 12.4. The smallest absolute Gasteiger partial charge is 0.166 e. The first kappa shape index (κ1) is 21.8. The number of nitrogens with zero attached hydrogens (tertiary/aromatic N) is 1. The van der Waals surface area contributed by atoms with Gasteiger partial charge in [0.2, 0.25) is 0 Å². The van der Waals surface area contributed by atoms with Crippen LogP contribution in [0.15, 0.2) is 66.7 Å². The molecule has 0 radical (unpaired) electrons. The summed E-state index contributed by atoms with van der Waals surface area (Å²) in [4.78, 5) is 6.48. The summed E-state index contributed by atoms with van der Waals surface area (Å²) in [5.74, 6) is 1.03. The number of H-pyrrole nitrogens is 1. The lowest BCUT2D eigenvalue weighted by Gasteiger charge is -2.67. The van der Waals surface area contributed by atoms with Crippen molar-refractivity contribution < 1.29 is 9.84 Å². The molecule has 188 valence electrons. The Morgan fingerprint density at radius 2 is 1.86 bits per heavy atom. The molecule has 8 rings (SSSR count). The summed E-state index contributed by atoms with van der Waals surface area (Å²) < 4.78 is 7.08. The molecule has 4 heteroatoms. The number of nitrogens with one attached hydrogen (secondary N) is 1. The molecule has 0 unspecified atom stereocenters. The first-order chi connectivity index (χ1) is 18.0. The molecule has 37 heavy (non-hydrogen) atoms. The fraction of sp³-hybridized carbons (Fsp3) is 0.394. The van der Waals surface area contributed by atoms with Gasteiger partial charge in [0.05, 0.1) is 11.1 Å². The number of phenolic OH excluding ortho intramolecular Hbond substituents is 1. The largest absolute Gasteiger partial charge is 0.504 e. The van der Waals surface area contributed by atoms with Crippen molar-refractivity contribution in [3.8, 4) is 11.5 Å². The SMILES string of the molecule is CN1CC[C@]23c4c5ccc(O)c4O[C@@]2(C)c2[nH]c4ccccc4c2C[C@@]3(CCCc2ccccc2)[C@H]1C5. The van der Waals surface area contributed by atoms with E-state index in [0.29, 0.717) is 6.04 Å². The summed E-state index contributed by atoms with van der Waals surface area (Å²) in [5.41, 5.74) is 7.21. The first-order valence-corrected chi connectivity index (χ1v) is 13.9. The number of hydrogen-bond acceptors (Lipinski definition) is 3. The van der Waals surface area contributed by atoms with Gasteiger partial charge in [-0.2, -0.15) is 0 Å². The number of aromatic amines is 1. The van der Waals surface area contributed by atoms with E-state index in [9.17, 15) is 5.11 Å². The Morgan fingerprint density at radius 3 is 2.73 bits per heavy atom. The summed E-state index contributed by atoms with van der Waals surface area (Å²) >= 11 is 0. The predicted molar refractivity (Wildman–Crippen MR) is 146 cm³/mol. The topological polar surface area (TPSA) is 48.5 Å². The lowest BCUT2D eigenvalue weighted by molar-refractivity contribution is -0.148. The van der Waals surface area contributed by atoms with Crippen LogP contribution in [0.2, 0.25) is 0 Å². The number of aryl methyl sites for hydroxylation is 1. The number of likely N-dealkylation sites (tertiary alicyclic amines) is 1. The molecule has 1 saturated heterocycles. The van der Waals surface area contributed by atoms with Gasteiger partial charge in [-0.15, -0.1) is 0 Å². The Labute approximate surface area is 218 Å². The Morgan fingerprint density at radius 1 is 1.05 bits per heavy atom. The zero-order valence-corrected chi connectivity index (χ0v) is 21.7. The lowest BCUT2D eigenvalue weighted by atomic mass is 9.39. The van der Waals surface area contributed by atoms with E-state index in [1.54, 1.807) is 0 Å². The minimum absolute atomic E-state index is 0.0214. The van der Waals surface area contributed by atoms with E-state index in [1.165, 1.54) is 38.9 Å². The van der Waals surface area contributed by atoms with Crippen LogP contribution in [0.25, 0.3) is 10.9 Å². The number of hydrogen-bond donors (Lipinski definition) is 2. The second-order valence-corrected chi connectivity index (χ2v) is 12.1. The van der Waals surface area contributed by atoms with Gasteiger partial charge in [-0.25, -0.2) is 0 Å². The van der Waals surface area contributed by atoms with Crippen molar-refractivity contribution in [2.24, 2.45) is 5.41 Å². The normalized spacial score (nSPS) is 31.1. The highest BCUT2D eigenvalue weighted by molar-refractivity contribution is 5.86. The molecule has 3 heterocycles. The van der Waals surface area contributed by atoms with Crippen molar-refractivity contribution >= 4 is 10.9 Å². The van der Waals surface area contributed by atoms with Crippen LogP contribution in [0.3, 0.4) is 0 Å². The van der Waals surface area contributed by atoms with E-state index in [0.717, 1.165) is 50.8 Å². The molecule has 3 aromatic carbocycles. The minimum Gasteiger partial charge on any atom is -0.504 e. The summed E-state index contributed by atoms with van der Waals surface area (Å²) in [6, 6.07) is 24.2. The molecule has 4 atom stereocenters. The second-order valence-electron chi connectivity index (χ2n) is 12.1. The number of benzene rings is 3. The van der Waals surface area contributed by atoms with Gasteiger partial charge < -0.3 is 19.7 Å². The fourth-order valence-corrected chi connectivity index (χ4v) is 9.35. The Kier molecular flexibility index (Phi) is 4.24. The van der Waals surface area contributed by atoms with Gasteiger partial charge in [0.25, 0.3) is 0 Å². The maximum Gasteiger partial charge on any atom is 0.166 e. The molecule has 1 aromatic heterocycles. The summed E-state index contributed by atoms with van der Waals surface area (Å²) in [6.45, 7) is 3.37. The van der Waals surface area contributed by atoms with E-state index < -0.39 is 5.60 Å². The summed E-state index contributed by atoms with van der Waals surface area (Å²) in [7, 11) is 2.33. The zero-order chi connectivity index (χ0) is 25.0. The number of rotatable bonds is 4. The number of aromatic nitrogens is 1. The van der Waals surface area contributed by atoms with Crippen LogP contribution in [0, 0.1) is 5.41 Å². The fourth-order valence-electron chi connectivity index (χ4n) is 9.35. The molecular weight excluding hydrogens is 456 g/mol. The van der Waals surface area contributed by atoms with Crippen molar-refractivity contribution in [1.29, 1.82) is 0 Å². The van der Waals surface area contributed by atoms with E-state index in [1.807, 2.05) is 6.07 Å². The van der Waals surface area contributed by atoms with Crippen molar-refractivity contribution in [3.63, 3.8) is 0 Å². The highest BCUT2D eigenvalue weighted by Gasteiger charge is 2.76. The van der Waals surface area contributed by atoms with Gasteiger partial charge >= 0.3 is 0 Å². The highest BCUT2D eigenvalue weighted by atomic mass is 16.5. The predicted octanol–water partition coefficient (Wildman–Crippen LogP) is 6.24. The molecule has 2 aliphatic carbocycles. The van der Waals surface area contributed by atoms with Crippen molar-refractivity contribution in [2.45, 2.75) is 62.5 Å². The van der Waals surface area contributed by atoms with Crippen molar-refractivity contribution in [1.82, 2.24) is 9.88 Å². The molecular formula is C33H34N2O2. The molecule has 0 amide bonds. The average molecular weight is 491 g/mol. The molecule has 1 spiro atoms. The number of likely N-dealkylation sites (N-methyl/N-ethyl adjacent to an activating group) is 1. The van der Waals surface area contributed by atoms with Gasteiger partial charge in [0, 0.05) is 27.9 Å². The van der Waals surface area contributed by atoms with E-state index in [2.05, 4.69) is 84.5 Å². The number of fused-ring (bicyclic) bond motifs is 4. The molecule has 0 saturated carbocycles. The number of para-hydroxylation sites is 1. The van der Waals surface area contributed by atoms with Gasteiger partial charge in [-0.1, -0.05) is 54.6 Å². The highest BCUT2D eigenvalue weighted by Crippen LogP contribution is 2.75. The maximum atomic E-state index is 11.1. The first-order valence-electron chi connectivity index (χ1n) is 13.9. The second kappa shape index (κ2) is 7.20. The molecule has 2 N–H and O–H groups in total. The molecule has 2 bridgehead atoms. The number of piperidine rings is 1. The van der Waals surface area contributed by atoms with Crippen molar-refractivity contribution in [2.75, 3.05) is 13.6 Å². The number of phenols is 1. The standard InChI is InChI=1S/C33H34N2O2/c1-31-30-24(23-12-6-7-13-25(23)34-30)20-32(16-8-11-21-9-4-3-5-10-21)27-19-22-14-15-26(36)29(37-31)28(22)33(31,32)17-18-35(27)2/h3-7,9-10,12-15,27,34,36H,8,11,16-20H2,1-2H3/t27-,31+,32+,33+/m1/s1. The van der Waals surface area contributed by atoms with E-state index in [-0.39, 0.29) is 16.6 Å². The third kappa shape index (κ3) is 2.48. The third-order valence-electron chi connectivity index (χ3n) is 10.8. The van der Waals surface area contributed by atoms with E-state index in [4.69, 9.17) is 4.74 Å². The van der Waals surface area contributed by atoms with Crippen LogP contribution in [-0.4, -0.2) is 34.6 Å². The van der Waals surface area contributed by atoms with Crippen LogP contribution in [0.4, 0.5) is 0 Å². The van der Waals surface area contributed by atoms with Crippen LogP contribution < -0.4 is 4.74 Å². The zero-order valence-electron chi connectivity index (χ0n) is 21.7. The molecule has 1 fully saturated rings. The molecule has 4 aliphatic rings. The van der Waals surface area contributed by atoms with Crippen molar-refractivity contribution in [3.05, 3.63) is 94.7 Å². The lowest BCUT2D eigenvalue weighted by Crippen LogP contribution is -2.73. The van der Waals surface area contributed by atoms with Gasteiger partial charge in [0.15, 0.2) is 17.1 Å². The van der Waals surface area contributed by atoms with Crippen LogP contribution in [0.5, 0.6) is 11.5 Å². The monoisotopic (exact) mass is 490 g/mol. The minimum atomic E-state index is -0.553. The average Bonchev–Trinajstić information content (AvgIpc) is 3.41. The van der Waals surface area contributed by atoms with E-state index >= 15 is 0 Å². The Balaban J connectivity index is 1.39.